The van der Waals surface area contributed by atoms with E-state index in [0.29, 0.717) is 12.4 Å². The van der Waals surface area contributed by atoms with E-state index in [2.05, 4.69) is 10.5 Å². The molecule has 20 heavy (non-hydrogen) atoms. The Kier molecular flexibility index (Phi) is 4.45. The Morgan fingerprint density at radius 1 is 1.60 bits per heavy atom. The molecule has 1 aromatic heterocycles. The van der Waals surface area contributed by atoms with Gasteiger partial charge >= 0.3 is 0 Å². The number of β-amino-alcohol motifs (C(OH)–C–C–N with tert-alkyl or cyclic N) is 1. The fourth-order valence-electron chi connectivity index (χ4n) is 2.24. The van der Waals surface area contributed by atoms with Gasteiger partial charge in [0.15, 0.2) is 0 Å². The van der Waals surface area contributed by atoms with Gasteiger partial charge in [0.2, 0.25) is 11.8 Å². The van der Waals surface area contributed by atoms with Gasteiger partial charge < -0.3 is 9.63 Å². The van der Waals surface area contributed by atoms with Crippen LogP contribution in [0, 0.1) is 0 Å². The summed E-state index contributed by atoms with van der Waals surface area (Å²) in [5.41, 5.74) is 0.699. The van der Waals surface area contributed by atoms with E-state index < -0.39 is 0 Å². The van der Waals surface area contributed by atoms with E-state index >= 15 is 0 Å². The van der Waals surface area contributed by atoms with Gasteiger partial charge in [-0.25, -0.2) is 0 Å². The highest BCUT2D eigenvalue weighted by molar-refractivity contribution is 5.91. The highest BCUT2D eigenvalue weighted by atomic mass is 16.5. The number of nitrogens with zero attached hydrogens (tertiary/aromatic N) is 2. The van der Waals surface area contributed by atoms with Crippen molar-refractivity contribution in [1.29, 1.82) is 0 Å². The van der Waals surface area contributed by atoms with Crippen LogP contribution in [0.1, 0.15) is 39.3 Å². The largest absolute Gasteiger partial charge is 0.392 e. The second-order valence-corrected chi connectivity index (χ2v) is 6.41. The molecule has 2 heterocycles. The van der Waals surface area contributed by atoms with Crippen molar-refractivity contribution in [3.8, 4) is 0 Å². The molecule has 1 unspecified atom stereocenters. The molecule has 2 N–H and O–H groups in total. The normalized spacial score (nSPS) is 20.9. The van der Waals surface area contributed by atoms with Crippen molar-refractivity contribution >= 4 is 11.8 Å². The Balaban J connectivity index is 1.86. The van der Waals surface area contributed by atoms with Crippen LogP contribution in [0.15, 0.2) is 10.6 Å². The predicted octanol–water partition coefficient (Wildman–Crippen LogP) is 1.37. The fraction of sp³-hybridized carbons (Fsp3) is 0.714. The number of aromatic nitrogens is 1. The van der Waals surface area contributed by atoms with Crippen molar-refractivity contribution in [2.45, 2.75) is 45.1 Å². The Labute approximate surface area is 119 Å². The molecule has 6 nitrogen and oxygen atoms in total. The molecule has 1 aliphatic heterocycles. The molecule has 0 spiro atoms. The fourth-order valence-corrected chi connectivity index (χ4v) is 2.24. The standard InChI is InChI=1S/C14H23N3O3/c1-14(2,3)11-7-13(20-16-11)15-12(19)9-17-6-4-5-10(18)8-17/h7,10,18H,4-6,8-9H2,1-3H3,(H,15,19). The van der Waals surface area contributed by atoms with Crippen molar-refractivity contribution in [1.82, 2.24) is 10.1 Å². The van der Waals surface area contributed by atoms with Gasteiger partial charge in [0.1, 0.15) is 0 Å². The smallest absolute Gasteiger partial charge is 0.240 e. The summed E-state index contributed by atoms with van der Waals surface area (Å²) in [6.07, 6.45) is 1.41. The number of piperidine rings is 1. The van der Waals surface area contributed by atoms with Gasteiger partial charge in [-0.2, -0.15) is 0 Å². The van der Waals surface area contributed by atoms with Gasteiger partial charge in [-0.05, 0) is 19.4 Å². The molecule has 1 fully saturated rings. The number of likely N-dealkylation sites (tertiary alicyclic amines) is 1. The molecular weight excluding hydrogens is 258 g/mol. The number of nitrogens with one attached hydrogen (secondary N) is 1. The molecule has 2 rings (SSSR count). The summed E-state index contributed by atoms with van der Waals surface area (Å²) in [6, 6.07) is 1.75. The van der Waals surface area contributed by atoms with E-state index in [9.17, 15) is 9.90 Å². The third kappa shape index (κ3) is 4.05. The van der Waals surface area contributed by atoms with Crippen molar-refractivity contribution in [2.75, 3.05) is 25.0 Å². The van der Waals surface area contributed by atoms with Gasteiger partial charge in [0.05, 0.1) is 18.3 Å². The third-order valence-electron chi connectivity index (χ3n) is 3.39. The first-order valence-corrected chi connectivity index (χ1v) is 7.02. The van der Waals surface area contributed by atoms with Crippen LogP contribution in [-0.2, 0) is 10.2 Å². The summed E-state index contributed by atoms with van der Waals surface area (Å²) in [6.45, 7) is 7.76. The second kappa shape index (κ2) is 5.93. The van der Waals surface area contributed by atoms with Crippen LogP contribution in [0.2, 0.25) is 0 Å². The van der Waals surface area contributed by atoms with Crippen LogP contribution < -0.4 is 5.32 Å². The molecule has 0 saturated carbocycles. The molecule has 0 radical (unpaired) electrons. The average molecular weight is 281 g/mol. The highest BCUT2D eigenvalue weighted by Crippen LogP contribution is 2.23. The number of hydrogen-bond acceptors (Lipinski definition) is 5. The zero-order valence-electron chi connectivity index (χ0n) is 12.3. The summed E-state index contributed by atoms with van der Waals surface area (Å²) >= 11 is 0. The molecule has 1 amide bonds. The molecule has 1 saturated heterocycles. The predicted molar refractivity (Wildman–Crippen MR) is 75.5 cm³/mol. The number of hydrogen-bond donors (Lipinski definition) is 2. The maximum Gasteiger partial charge on any atom is 0.240 e. The summed E-state index contributed by atoms with van der Waals surface area (Å²) < 4.78 is 5.12. The first-order chi connectivity index (χ1) is 9.34. The molecule has 6 heteroatoms. The quantitative estimate of drug-likeness (QED) is 0.875. The summed E-state index contributed by atoms with van der Waals surface area (Å²) in [4.78, 5) is 13.9. The number of anilines is 1. The van der Waals surface area contributed by atoms with E-state index in [1.807, 2.05) is 25.7 Å². The minimum Gasteiger partial charge on any atom is -0.392 e. The van der Waals surface area contributed by atoms with Gasteiger partial charge in [-0.3, -0.25) is 15.0 Å². The number of carbonyl (C=O) groups excluding carboxylic acids is 1. The van der Waals surface area contributed by atoms with E-state index in [0.717, 1.165) is 25.1 Å². The number of rotatable bonds is 3. The highest BCUT2D eigenvalue weighted by Gasteiger charge is 2.22. The van der Waals surface area contributed by atoms with E-state index in [1.165, 1.54) is 0 Å². The number of aliphatic hydroxyl groups is 1. The molecule has 0 aliphatic carbocycles. The Hall–Kier alpha value is -1.40. The molecule has 1 atom stereocenters. The van der Waals surface area contributed by atoms with E-state index in [-0.39, 0.29) is 24.0 Å². The van der Waals surface area contributed by atoms with Crippen LogP contribution in [0.4, 0.5) is 5.88 Å². The lowest BCUT2D eigenvalue weighted by molar-refractivity contribution is -0.118. The molecule has 112 valence electrons. The molecule has 0 bridgehead atoms. The topological polar surface area (TPSA) is 78.6 Å². The van der Waals surface area contributed by atoms with Gasteiger partial charge in [0, 0.05) is 18.0 Å². The van der Waals surface area contributed by atoms with Crippen LogP contribution in [0.5, 0.6) is 0 Å². The number of carbonyl (C=O) groups is 1. The maximum atomic E-state index is 11.9. The van der Waals surface area contributed by atoms with Crippen molar-refractivity contribution in [2.24, 2.45) is 0 Å². The van der Waals surface area contributed by atoms with Crippen LogP contribution in [-0.4, -0.2) is 46.8 Å². The lowest BCUT2D eigenvalue weighted by Crippen LogP contribution is -2.42. The SMILES string of the molecule is CC(C)(C)c1cc(NC(=O)CN2CCCC(O)C2)on1. The monoisotopic (exact) mass is 281 g/mol. The van der Waals surface area contributed by atoms with Gasteiger partial charge in [0.25, 0.3) is 0 Å². The molecule has 1 aromatic rings. The lowest BCUT2D eigenvalue weighted by atomic mass is 9.92. The number of amides is 1. The Bertz CT molecular complexity index is 464. The second-order valence-electron chi connectivity index (χ2n) is 6.41. The molecular formula is C14H23N3O3. The zero-order chi connectivity index (χ0) is 14.8. The van der Waals surface area contributed by atoms with Crippen LogP contribution in [0.25, 0.3) is 0 Å². The first kappa shape index (κ1) is 15.0. The molecule has 0 aromatic carbocycles. The average Bonchev–Trinajstić information content (AvgIpc) is 2.76. The van der Waals surface area contributed by atoms with E-state index in [1.54, 1.807) is 6.07 Å². The Morgan fingerprint density at radius 3 is 2.95 bits per heavy atom. The van der Waals surface area contributed by atoms with Crippen molar-refractivity contribution in [3.63, 3.8) is 0 Å². The van der Waals surface area contributed by atoms with Crippen LogP contribution in [0.3, 0.4) is 0 Å². The summed E-state index contributed by atoms with van der Waals surface area (Å²) in [7, 11) is 0. The maximum absolute atomic E-state index is 11.9. The first-order valence-electron chi connectivity index (χ1n) is 7.02. The van der Waals surface area contributed by atoms with Gasteiger partial charge in [-0.1, -0.05) is 25.9 Å². The van der Waals surface area contributed by atoms with Crippen molar-refractivity contribution in [3.05, 3.63) is 11.8 Å². The van der Waals surface area contributed by atoms with E-state index in [4.69, 9.17) is 4.52 Å². The minimum absolute atomic E-state index is 0.108. The Morgan fingerprint density at radius 2 is 2.35 bits per heavy atom. The lowest BCUT2D eigenvalue weighted by Gasteiger charge is -2.29. The van der Waals surface area contributed by atoms with Crippen molar-refractivity contribution < 1.29 is 14.4 Å². The molecule has 1 aliphatic rings. The van der Waals surface area contributed by atoms with Crippen LogP contribution >= 0.6 is 0 Å². The summed E-state index contributed by atoms with van der Waals surface area (Å²) in [5, 5.41) is 16.2. The third-order valence-corrected chi connectivity index (χ3v) is 3.39. The summed E-state index contributed by atoms with van der Waals surface area (Å²) in [5.74, 6) is 0.230. The van der Waals surface area contributed by atoms with Gasteiger partial charge in [-0.15, -0.1) is 0 Å². The zero-order valence-corrected chi connectivity index (χ0v) is 12.3. The minimum atomic E-state index is -0.325. The number of aliphatic hydroxyl groups excluding tert-OH is 1.